The molecule has 0 spiro atoms. The van der Waals surface area contributed by atoms with Crippen molar-refractivity contribution in [3.05, 3.63) is 70.0 Å². The maximum absolute atomic E-state index is 12.4. The fourth-order valence-electron chi connectivity index (χ4n) is 2.47. The van der Waals surface area contributed by atoms with Gasteiger partial charge in [-0.05, 0) is 29.2 Å². The van der Waals surface area contributed by atoms with Gasteiger partial charge in [-0.3, -0.25) is 9.36 Å². The molecule has 0 aliphatic carbocycles. The molecule has 0 atom stereocenters. The number of fused-ring (bicyclic) bond motifs is 1. The summed E-state index contributed by atoms with van der Waals surface area (Å²) in [6.45, 7) is 4.39. The predicted octanol–water partition coefficient (Wildman–Crippen LogP) is 4.35. The molecule has 0 radical (unpaired) electrons. The molecule has 0 saturated heterocycles. The molecule has 0 saturated carbocycles. The molecular formula is C19H20N2OS. The zero-order valence-corrected chi connectivity index (χ0v) is 14.4. The highest BCUT2D eigenvalue weighted by atomic mass is 32.2. The Balaban J connectivity index is 1.84. The summed E-state index contributed by atoms with van der Waals surface area (Å²) in [7, 11) is 1.78. The minimum absolute atomic E-state index is 0.00764. The molecule has 0 aliphatic rings. The van der Waals surface area contributed by atoms with Gasteiger partial charge in [0.15, 0.2) is 5.16 Å². The molecule has 1 heterocycles. The van der Waals surface area contributed by atoms with Crippen LogP contribution in [0.25, 0.3) is 10.9 Å². The average molecular weight is 324 g/mol. The number of benzene rings is 2. The van der Waals surface area contributed by atoms with Crippen LogP contribution in [0, 0.1) is 0 Å². The third-order valence-electron chi connectivity index (χ3n) is 3.96. The second-order valence-corrected chi connectivity index (χ2v) is 6.90. The average Bonchev–Trinajstić information content (AvgIpc) is 2.57. The van der Waals surface area contributed by atoms with Gasteiger partial charge >= 0.3 is 0 Å². The SMILES string of the molecule is CC(C)c1ccc(CSc2nc3ccccc3c(=O)n2C)cc1. The van der Waals surface area contributed by atoms with Gasteiger partial charge in [-0.1, -0.05) is 62.0 Å². The number of aromatic nitrogens is 2. The van der Waals surface area contributed by atoms with Gasteiger partial charge in [0.2, 0.25) is 0 Å². The minimum Gasteiger partial charge on any atom is -0.290 e. The van der Waals surface area contributed by atoms with Crippen LogP contribution in [-0.4, -0.2) is 9.55 Å². The Labute approximate surface area is 140 Å². The molecule has 3 aromatic rings. The van der Waals surface area contributed by atoms with Gasteiger partial charge in [0, 0.05) is 12.8 Å². The second-order valence-electron chi connectivity index (χ2n) is 5.96. The Morgan fingerprint density at radius 3 is 2.48 bits per heavy atom. The van der Waals surface area contributed by atoms with Crippen molar-refractivity contribution in [2.24, 2.45) is 7.05 Å². The Morgan fingerprint density at radius 2 is 1.78 bits per heavy atom. The quantitative estimate of drug-likeness (QED) is 0.528. The van der Waals surface area contributed by atoms with Crippen LogP contribution in [0.2, 0.25) is 0 Å². The Morgan fingerprint density at radius 1 is 1.09 bits per heavy atom. The first kappa shape index (κ1) is 15.8. The maximum atomic E-state index is 12.4. The van der Waals surface area contributed by atoms with Crippen LogP contribution in [0.3, 0.4) is 0 Å². The van der Waals surface area contributed by atoms with Gasteiger partial charge in [-0.25, -0.2) is 4.98 Å². The lowest BCUT2D eigenvalue weighted by Crippen LogP contribution is -2.19. The van der Waals surface area contributed by atoms with E-state index in [0.29, 0.717) is 11.3 Å². The molecule has 3 nitrogen and oxygen atoms in total. The number of hydrogen-bond donors (Lipinski definition) is 0. The van der Waals surface area contributed by atoms with E-state index in [1.54, 1.807) is 23.4 Å². The van der Waals surface area contributed by atoms with E-state index in [0.717, 1.165) is 16.4 Å². The van der Waals surface area contributed by atoms with Crippen molar-refractivity contribution in [3.63, 3.8) is 0 Å². The summed E-state index contributed by atoms with van der Waals surface area (Å²) in [4.78, 5) is 17.0. The van der Waals surface area contributed by atoms with Gasteiger partial charge < -0.3 is 0 Å². The van der Waals surface area contributed by atoms with Gasteiger partial charge in [0.05, 0.1) is 10.9 Å². The fraction of sp³-hybridized carbons (Fsp3) is 0.263. The largest absolute Gasteiger partial charge is 0.290 e. The standard InChI is InChI=1S/C19H20N2OS/c1-13(2)15-10-8-14(9-11-15)12-23-19-20-17-7-5-4-6-16(17)18(22)21(19)3/h4-11,13H,12H2,1-3H3. The van der Waals surface area contributed by atoms with E-state index in [1.165, 1.54) is 11.1 Å². The lowest BCUT2D eigenvalue weighted by Gasteiger charge is -2.09. The van der Waals surface area contributed by atoms with E-state index in [-0.39, 0.29) is 5.56 Å². The molecule has 118 valence electrons. The van der Waals surface area contributed by atoms with Crippen LogP contribution < -0.4 is 5.56 Å². The summed E-state index contributed by atoms with van der Waals surface area (Å²) >= 11 is 1.60. The van der Waals surface area contributed by atoms with Crippen molar-refractivity contribution >= 4 is 22.7 Å². The first-order valence-electron chi connectivity index (χ1n) is 7.73. The van der Waals surface area contributed by atoms with Crippen LogP contribution in [0.4, 0.5) is 0 Å². The topological polar surface area (TPSA) is 34.9 Å². The first-order valence-corrected chi connectivity index (χ1v) is 8.72. The molecule has 0 unspecified atom stereocenters. The second kappa shape index (κ2) is 6.59. The molecule has 0 aliphatic heterocycles. The molecular weight excluding hydrogens is 304 g/mol. The summed E-state index contributed by atoms with van der Waals surface area (Å²) < 4.78 is 1.63. The van der Waals surface area contributed by atoms with Crippen LogP contribution in [-0.2, 0) is 12.8 Å². The van der Waals surface area contributed by atoms with E-state index in [9.17, 15) is 4.79 Å². The molecule has 4 heteroatoms. The van der Waals surface area contributed by atoms with E-state index < -0.39 is 0 Å². The zero-order valence-electron chi connectivity index (χ0n) is 13.6. The number of para-hydroxylation sites is 1. The van der Waals surface area contributed by atoms with Crippen molar-refractivity contribution in [2.45, 2.75) is 30.7 Å². The normalized spacial score (nSPS) is 11.3. The smallest absolute Gasteiger partial charge is 0.261 e. The van der Waals surface area contributed by atoms with E-state index in [1.807, 2.05) is 24.3 Å². The number of hydrogen-bond acceptors (Lipinski definition) is 3. The van der Waals surface area contributed by atoms with E-state index in [4.69, 9.17) is 0 Å². The predicted molar refractivity (Wildman–Crippen MR) is 97.1 cm³/mol. The molecule has 23 heavy (non-hydrogen) atoms. The zero-order chi connectivity index (χ0) is 16.4. The monoisotopic (exact) mass is 324 g/mol. The minimum atomic E-state index is 0.00764. The molecule has 0 amide bonds. The Bertz CT molecular complexity index is 882. The molecule has 0 fully saturated rings. The maximum Gasteiger partial charge on any atom is 0.261 e. The lowest BCUT2D eigenvalue weighted by molar-refractivity contribution is 0.726. The van der Waals surface area contributed by atoms with Crippen molar-refractivity contribution < 1.29 is 0 Å². The highest BCUT2D eigenvalue weighted by Crippen LogP contribution is 2.23. The highest BCUT2D eigenvalue weighted by molar-refractivity contribution is 7.98. The summed E-state index contributed by atoms with van der Waals surface area (Å²) in [6.07, 6.45) is 0. The molecule has 1 aromatic heterocycles. The van der Waals surface area contributed by atoms with E-state index >= 15 is 0 Å². The van der Waals surface area contributed by atoms with Gasteiger partial charge in [0.1, 0.15) is 0 Å². The number of rotatable bonds is 4. The molecule has 3 rings (SSSR count). The van der Waals surface area contributed by atoms with E-state index in [2.05, 4.69) is 43.1 Å². The third kappa shape index (κ3) is 3.32. The molecule has 0 N–H and O–H groups in total. The van der Waals surface area contributed by atoms with Crippen LogP contribution in [0.1, 0.15) is 30.9 Å². The van der Waals surface area contributed by atoms with Crippen LogP contribution >= 0.6 is 11.8 Å². The summed E-state index contributed by atoms with van der Waals surface area (Å²) in [5.41, 5.74) is 3.35. The van der Waals surface area contributed by atoms with Crippen LogP contribution in [0.5, 0.6) is 0 Å². The van der Waals surface area contributed by atoms with Crippen molar-refractivity contribution in [3.8, 4) is 0 Å². The molecule has 0 bridgehead atoms. The lowest BCUT2D eigenvalue weighted by atomic mass is 10.0. The Kier molecular flexibility index (Phi) is 4.53. The fourth-order valence-corrected chi connectivity index (χ4v) is 3.40. The molecule has 2 aromatic carbocycles. The first-order chi connectivity index (χ1) is 11.1. The van der Waals surface area contributed by atoms with Gasteiger partial charge in [0.25, 0.3) is 5.56 Å². The van der Waals surface area contributed by atoms with Crippen molar-refractivity contribution in [2.75, 3.05) is 0 Å². The summed E-state index contributed by atoms with van der Waals surface area (Å²) in [5.74, 6) is 1.34. The summed E-state index contributed by atoms with van der Waals surface area (Å²) in [5, 5.41) is 1.42. The van der Waals surface area contributed by atoms with Gasteiger partial charge in [-0.15, -0.1) is 0 Å². The van der Waals surface area contributed by atoms with Gasteiger partial charge in [-0.2, -0.15) is 0 Å². The Hall–Kier alpha value is -2.07. The van der Waals surface area contributed by atoms with Crippen molar-refractivity contribution in [1.29, 1.82) is 0 Å². The number of thioether (sulfide) groups is 1. The number of nitrogens with zero attached hydrogens (tertiary/aromatic N) is 2. The summed E-state index contributed by atoms with van der Waals surface area (Å²) in [6, 6.07) is 16.1. The highest BCUT2D eigenvalue weighted by Gasteiger charge is 2.08. The third-order valence-corrected chi connectivity index (χ3v) is 5.06. The van der Waals surface area contributed by atoms with Crippen molar-refractivity contribution in [1.82, 2.24) is 9.55 Å². The van der Waals surface area contributed by atoms with Crippen LogP contribution in [0.15, 0.2) is 58.5 Å².